The predicted molar refractivity (Wildman–Crippen MR) is 78.7 cm³/mol. The minimum Gasteiger partial charge on any atom is -0.469 e. The van der Waals surface area contributed by atoms with E-state index in [1.165, 1.54) is 19.1 Å². The van der Waals surface area contributed by atoms with Crippen molar-refractivity contribution in [1.29, 1.82) is 0 Å². The number of esters is 1. The van der Waals surface area contributed by atoms with Crippen molar-refractivity contribution in [3.05, 3.63) is 34.9 Å². The first-order chi connectivity index (χ1) is 9.19. The van der Waals surface area contributed by atoms with Crippen LogP contribution in [0.3, 0.4) is 0 Å². The largest absolute Gasteiger partial charge is 0.469 e. The average Bonchev–Trinajstić information content (AvgIpc) is 2.80. The minimum atomic E-state index is -0.0576. The van der Waals surface area contributed by atoms with E-state index in [0.717, 1.165) is 17.9 Å². The molecule has 4 heteroatoms. The number of carbonyl (C=O) groups is 1. The van der Waals surface area contributed by atoms with Gasteiger partial charge in [-0.25, -0.2) is 0 Å². The standard InChI is InChI=1S/C15H17ClO2S/c1-18-15(17)14-12(8-11-6-7-13(14)19-11)9-2-4-10(16)5-3-9/h2-5,11-14H,6-8H2,1H3/t11?,12-,13?,14-/m0/s1. The van der Waals surface area contributed by atoms with E-state index in [9.17, 15) is 4.79 Å². The third kappa shape index (κ3) is 2.50. The van der Waals surface area contributed by atoms with Gasteiger partial charge in [-0.15, -0.1) is 0 Å². The van der Waals surface area contributed by atoms with Crippen molar-refractivity contribution in [3.63, 3.8) is 0 Å². The number of halogens is 1. The van der Waals surface area contributed by atoms with Crippen molar-refractivity contribution in [3.8, 4) is 0 Å². The molecule has 0 aromatic heterocycles. The van der Waals surface area contributed by atoms with Crippen LogP contribution in [0.4, 0.5) is 0 Å². The summed E-state index contributed by atoms with van der Waals surface area (Å²) in [5, 5.41) is 1.87. The molecule has 2 unspecified atom stereocenters. The highest BCUT2D eigenvalue weighted by Crippen LogP contribution is 2.52. The Hall–Kier alpha value is -0.670. The number of benzene rings is 1. The Labute approximate surface area is 122 Å². The molecule has 2 fully saturated rings. The topological polar surface area (TPSA) is 26.3 Å². The van der Waals surface area contributed by atoms with Crippen LogP contribution in [0.15, 0.2) is 24.3 Å². The fourth-order valence-electron chi connectivity index (χ4n) is 3.37. The second-order valence-electron chi connectivity index (χ2n) is 5.32. The zero-order chi connectivity index (χ0) is 13.4. The summed E-state index contributed by atoms with van der Waals surface area (Å²) < 4.78 is 5.04. The lowest BCUT2D eigenvalue weighted by molar-refractivity contribution is -0.146. The first-order valence-electron chi connectivity index (χ1n) is 6.68. The molecule has 0 spiro atoms. The number of methoxy groups -OCH3 is 1. The number of hydrogen-bond donors (Lipinski definition) is 0. The molecule has 2 saturated heterocycles. The molecule has 2 aliphatic rings. The molecule has 0 saturated carbocycles. The molecule has 2 bridgehead atoms. The maximum Gasteiger partial charge on any atom is 0.310 e. The van der Waals surface area contributed by atoms with E-state index >= 15 is 0 Å². The van der Waals surface area contributed by atoms with Crippen molar-refractivity contribution in [2.24, 2.45) is 5.92 Å². The van der Waals surface area contributed by atoms with Gasteiger partial charge in [0.25, 0.3) is 0 Å². The van der Waals surface area contributed by atoms with Gasteiger partial charge in [-0.3, -0.25) is 4.79 Å². The zero-order valence-electron chi connectivity index (χ0n) is 10.8. The maximum absolute atomic E-state index is 12.1. The van der Waals surface area contributed by atoms with Gasteiger partial charge in [0.05, 0.1) is 13.0 Å². The number of thioether (sulfide) groups is 1. The van der Waals surface area contributed by atoms with E-state index in [-0.39, 0.29) is 17.8 Å². The van der Waals surface area contributed by atoms with E-state index in [2.05, 4.69) is 12.1 Å². The molecule has 0 radical (unpaired) electrons. The molecule has 0 aliphatic carbocycles. The Kier molecular flexibility index (Phi) is 3.77. The second kappa shape index (κ2) is 5.37. The van der Waals surface area contributed by atoms with Crippen LogP contribution in [0.25, 0.3) is 0 Å². The highest BCUT2D eigenvalue weighted by Gasteiger charge is 2.47. The molecule has 102 valence electrons. The second-order valence-corrected chi connectivity index (χ2v) is 7.30. The van der Waals surface area contributed by atoms with Gasteiger partial charge in [-0.2, -0.15) is 11.8 Å². The van der Waals surface area contributed by atoms with Gasteiger partial charge in [0, 0.05) is 15.5 Å². The first kappa shape index (κ1) is 13.3. The number of carbonyl (C=O) groups excluding carboxylic acids is 1. The summed E-state index contributed by atoms with van der Waals surface area (Å²) in [4.78, 5) is 12.1. The van der Waals surface area contributed by atoms with E-state index in [4.69, 9.17) is 16.3 Å². The van der Waals surface area contributed by atoms with Gasteiger partial charge >= 0.3 is 5.97 Å². The first-order valence-corrected chi connectivity index (χ1v) is 8.00. The molecular formula is C15H17ClO2S. The minimum absolute atomic E-state index is 0.00470. The van der Waals surface area contributed by atoms with Crippen molar-refractivity contribution in [2.45, 2.75) is 35.7 Å². The smallest absolute Gasteiger partial charge is 0.310 e. The molecule has 2 aliphatic heterocycles. The van der Waals surface area contributed by atoms with Crippen LogP contribution in [0.5, 0.6) is 0 Å². The summed E-state index contributed by atoms with van der Waals surface area (Å²) in [5.41, 5.74) is 1.22. The summed E-state index contributed by atoms with van der Waals surface area (Å²) in [7, 11) is 1.49. The lowest BCUT2D eigenvalue weighted by Crippen LogP contribution is -2.35. The predicted octanol–water partition coefficient (Wildman–Crippen LogP) is 3.88. The molecule has 1 aromatic carbocycles. The number of fused-ring (bicyclic) bond motifs is 2. The maximum atomic E-state index is 12.1. The summed E-state index contributed by atoms with van der Waals surface area (Å²) in [6.45, 7) is 0. The van der Waals surface area contributed by atoms with Gasteiger partial charge in [0.1, 0.15) is 0 Å². The van der Waals surface area contributed by atoms with Crippen molar-refractivity contribution in [2.75, 3.05) is 7.11 Å². The Morgan fingerprint density at radius 2 is 2.05 bits per heavy atom. The molecule has 2 nitrogen and oxygen atoms in total. The molecule has 2 heterocycles. The fourth-order valence-corrected chi connectivity index (χ4v) is 5.32. The van der Waals surface area contributed by atoms with Crippen LogP contribution in [-0.2, 0) is 9.53 Å². The lowest BCUT2D eigenvalue weighted by Gasteiger charge is -2.34. The van der Waals surface area contributed by atoms with Gasteiger partial charge in [-0.05, 0) is 42.9 Å². The van der Waals surface area contributed by atoms with Crippen LogP contribution >= 0.6 is 23.4 Å². The van der Waals surface area contributed by atoms with Crippen molar-refractivity contribution in [1.82, 2.24) is 0 Å². The average molecular weight is 297 g/mol. The molecule has 0 amide bonds. The quantitative estimate of drug-likeness (QED) is 0.775. The Balaban J connectivity index is 1.92. The fraction of sp³-hybridized carbons (Fsp3) is 0.533. The van der Waals surface area contributed by atoms with Crippen LogP contribution in [0, 0.1) is 5.92 Å². The van der Waals surface area contributed by atoms with Gasteiger partial charge in [0.15, 0.2) is 0 Å². The van der Waals surface area contributed by atoms with Crippen LogP contribution < -0.4 is 0 Å². The van der Waals surface area contributed by atoms with E-state index in [1.807, 2.05) is 23.9 Å². The molecule has 4 atom stereocenters. The summed E-state index contributed by atoms with van der Waals surface area (Å²) in [5.74, 6) is 0.219. The Morgan fingerprint density at radius 3 is 2.74 bits per heavy atom. The summed E-state index contributed by atoms with van der Waals surface area (Å²) in [6, 6.07) is 7.93. The van der Waals surface area contributed by atoms with Crippen LogP contribution in [0.2, 0.25) is 5.02 Å². The van der Waals surface area contributed by atoms with Gasteiger partial charge in [-0.1, -0.05) is 23.7 Å². The van der Waals surface area contributed by atoms with Crippen molar-refractivity contribution >= 4 is 29.3 Å². The number of hydrogen-bond acceptors (Lipinski definition) is 3. The van der Waals surface area contributed by atoms with Crippen LogP contribution in [0.1, 0.15) is 30.7 Å². The normalized spacial score (nSPS) is 33.2. The zero-order valence-corrected chi connectivity index (χ0v) is 12.4. The molecule has 3 rings (SSSR count). The highest BCUT2D eigenvalue weighted by atomic mass is 35.5. The monoisotopic (exact) mass is 296 g/mol. The third-order valence-electron chi connectivity index (χ3n) is 4.26. The highest BCUT2D eigenvalue weighted by molar-refractivity contribution is 8.00. The summed E-state index contributed by atoms with van der Waals surface area (Å²) in [6.07, 6.45) is 3.44. The molecule has 19 heavy (non-hydrogen) atoms. The Bertz CT molecular complexity index is 474. The van der Waals surface area contributed by atoms with Gasteiger partial charge < -0.3 is 4.74 Å². The molecule has 1 aromatic rings. The van der Waals surface area contributed by atoms with E-state index in [0.29, 0.717) is 10.5 Å². The summed E-state index contributed by atoms with van der Waals surface area (Å²) >= 11 is 7.93. The lowest BCUT2D eigenvalue weighted by atomic mass is 9.81. The third-order valence-corrected chi connectivity index (χ3v) is 6.21. The number of rotatable bonds is 2. The van der Waals surface area contributed by atoms with Crippen LogP contribution in [-0.4, -0.2) is 23.6 Å². The van der Waals surface area contributed by atoms with E-state index < -0.39 is 0 Å². The SMILES string of the molecule is COC(=O)[C@@H]1C2CCC(C[C@H]1c1ccc(Cl)cc1)S2. The number of ether oxygens (including phenoxy) is 1. The van der Waals surface area contributed by atoms with E-state index in [1.54, 1.807) is 0 Å². The molecular weight excluding hydrogens is 280 g/mol. The Morgan fingerprint density at radius 1 is 1.32 bits per heavy atom. The van der Waals surface area contributed by atoms with Crippen molar-refractivity contribution < 1.29 is 9.53 Å². The van der Waals surface area contributed by atoms with Gasteiger partial charge in [0.2, 0.25) is 0 Å². The molecule has 0 N–H and O–H groups in total.